The normalized spacial score (nSPS) is 10.7. The van der Waals surface area contributed by atoms with Crippen LogP contribution < -0.4 is 14.2 Å². The number of halogens is 3. The van der Waals surface area contributed by atoms with E-state index in [1.165, 1.54) is 7.11 Å². The molecule has 1 aliphatic heterocycles. The quantitative estimate of drug-likeness (QED) is 0.0819. The van der Waals surface area contributed by atoms with Crippen LogP contribution in [-0.4, -0.2) is 36.5 Å². The van der Waals surface area contributed by atoms with Gasteiger partial charge >= 0.3 is 11.9 Å². The summed E-state index contributed by atoms with van der Waals surface area (Å²) in [5.41, 5.74) is 3.71. The van der Waals surface area contributed by atoms with Crippen molar-refractivity contribution in [2.24, 2.45) is 0 Å². The number of cyclic esters (lactones) is 1. The van der Waals surface area contributed by atoms with Gasteiger partial charge in [-0.15, -0.1) is 23.2 Å². The Hall–Kier alpha value is -5.84. The predicted molar refractivity (Wildman–Crippen MR) is 217 cm³/mol. The van der Waals surface area contributed by atoms with Gasteiger partial charge in [0.1, 0.15) is 41.1 Å². The molecular formula is C44H37Cl3O9. The molecule has 0 aromatic heterocycles. The van der Waals surface area contributed by atoms with Crippen LogP contribution in [0.2, 0.25) is 0 Å². The first-order valence-corrected chi connectivity index (χ1v) is 18.3. The van der Waals surface area contributed by atoms with Crippen LogP contribution in [0.5, 0.6) is 34.5 Å². The van der Waals surface area contributed by atoms with Crippen molar-refractivity contribution in [2.75, 3.05) is 14.2 Å². The van der Waals surface area contributed by atoms with Gasteiger partial charge in [0.25, 0.3) is 5.24 Å². The zero-order valence-electron chi connectivity index (χ0n) is 30.3. The fraction of sp³-hybridized carbons (Fsp3) is 0.114. The maximum absolute atomic E-state index is 11.5. The van der Waals surface area contributed by atoms with E-state index in [9.17, 15) is 14.4 Å². The molecule has 0 bridgehead atoms. The van der Waals surface area contributed by atoms with Crippen molar-refractivity contribution in [1.82, 2.24) is 0 Å². The lowest BCUT2D eigenvalue weighted by atomic mass is 10.1. The number of aliphatic hydroxyl groups is 1. The minimum absolute atomic E-state index is 0.208. The van der Waals surface area contributed by atoms with E-state index in [1.807, 2.05) is 97.1 Å². The highest BCUT2D eigenvalue weighted by Crippen LogP contribution is 2.29. The van der Waals surface area contributed by atoms with E-state index in [0.29, 0.717) is 51.7 Å². The lowest BCUT2D eigenvalue weighted by molar-refractivity contribution is 0.0533. The highest BCUT2D eigenvalue weighted by Gasteiger charge is 2.21. The van der Waals surface area contributed by atoms with Crippen LogP contribution in [-0.2, 0) is 27.8 Å². The molecule has 0 unspecified atom stereocenters. The molecule has 0 spiro atoms. The maximum Gasteiger partial charge on any atom is 0.338 e. The summed E-state index contributed by atoms with van der Waals surface area (Å²) in [7, 11) is 2.34. The molecule has 9 nitrogen and oxygen atoms in total. The predicted octanol–water partition coefficient (Wildman–Crippen LogP) is 11.4. The summed E-state index contributed by atoms with van der Waals surface area (Å²) in [6.07, 6.45) is 0. The van der Waals surface area contributed by atoms with Crippen molar-refractivity contribution in [2.45, 2.75) is 18.4 Å². The second-order valence-electron chi connectivity index (χ2n) is 11.3. The monoisotopic (exact) mass is 814 g/mol. The molecule has 0 fully saturated rings. The fourth-order valence-corrected chi connectivity index (χ4v) is 5.66. The van der Waals surface area contributed by atoms with Gasteiger partial charge in [0.15, 0.2) is 0 Å². The first-order valence-electron chi connectivity index (χ1n) is 16.9. The number of methoxy groups -OCH3 is 1. The lowest BCUT2D eigenvalue weighted by Gasteiger charge is -2.09. The van der Waals surface area contributed by atoms with Gasteiger partial charge in [-0.3, -0.25) is 4.79 Å². The molecule has 1 aliphatic rings. The first-order chi connectivity index (χ1) is 27.3. The molecule has 288 valence electrons. The summed E-state index contributed by atoms with van der Waals surface area (Å²) in [6, 6.07) is 43.8. The summed E-state index contributed by atoms with van der Waals surface area (Å²) in [4.78, 5) is 34.0. The molecule has 0 radical (unpaired) electrons. The summed E-state index contributed by atoms with van der Waals surface area (Å²) >= 11 is 17.1. The molecule has 56 heavy (non-hydrogen) atoms. The van der Waals surface area contributed by atoms with E-state index in [4.69, 9.17) is 63.6 Å². The highest BCUT2D eigenvalue weighted by molar-refractivity contribution is 6.68. The van der Waals surface area contributed by atoms with Gasteiger partial charge in [0.2, 0.25) is 0 Å². The largest absolute Gasteiger partial charge is 0.465 e. The van der Waals surface area contributed by atoms with Gasteiger partial charge in [-0.1, -0.05) is 54.6 Å². The zero-order valence-corrected chi connectivity index (χ0v) is 32.6. The molecule has 12 heteroatoms. The number of aliphatic hydroxyl groups excluding tert-OH is 1. The van der Waals surface area contributed by atoms with Gasteiger partial charge < -0.3 is 28.8 Å². The number of esters is 2. The summed E-state index contributed by atoms with van der Waals surface area (Å²) in [5, 5.41) is 6.48. The highest BCUT2D eigenvalue weighted by atomic mass is 35.5. The van der Waals surface area contributed by atoms with Crippen molar-refractivity contribution in [3.05, 3.63) is 179 Å². The minimum Gasteiger partial charge on any atom is -0.465 e. The third kappa shape index (κ3) is 12.6. The van der Waals surface area contributed by atoms with Gasteiger partial charge in [-0.05, 0) is 114 Å². The van der Waals surface area contributed by atoms with E-state index in [1.54, 1.807) is 48.5 Å². The Labute approximate surface area is 339 Å². The average molecular weight is 816 g/mol. The van der Waals surface area contributed by atoms with Crippen molar-refractivity contribution < 1.29 is 43.2 Å². The average Bonchev–Trinajstić information content (AvgIpc) is 3.61. The Morgan fingerprint density at radius 3 is 1.43 bits per heavy atom. The van der Waals surface area contributed by atoms with E-state index < -0.39 is 11.2 Å². The van der Waals surface area contributed by atoms with E-state index in [0.717, 1.165) is 29.9 Å². The Morgan fingerprint density at radius 1 is 0.589 bits per heavy atom. The minimum atomic E-state index is -0.517. The third-order valence-electron chi connectivity index (χ3n) is 7.65. The van der Waals surface area contributed by atoms with Crippen molar-refractivity contribution in [3.8, 4) is 34.5 Å². The second-order valence-corrected chi connectivity index (χ2v) is 12.2. The zero-order chi connectivity index (χ0) is 40.3. The van der Waals surface area contributed by atoms with Crippen LogP contribution >= 0.6 is 34.8 Å². The molecule has 1 heterocycles. The smallest absolute Gasteiger partial charge is 0.338 e. The van der Waals surface area contributed by atoms with Crippen LogP contribution in [0.3, 0.4) is 0 Å². The number of rotatable bonds is 10. The van der Waals surface area contributed by atoms with Crippen LogP contribution in [0.25, 0.3) is 0 Å². The van der Waals surface area contributed by atoms with Crippen molar-refractivity contribution in [3.63, 3.8) is 0 Å². The first kappa shape index (κ1) is 42.9. The number of carbonyl (C=O) groups excluding carboxylic acids is 3. The number of benzene rings is 6. The van der Waals surface area contributed by atoms with Crippen molar-refractivity contribution in [1.29, 1.82) is 0 Å². The van der Waals surface area contributed by atoms with E-state index >= 15 is 0 Å². The summed E-state index contributed by atoms with van der Waals surface area (Å²) in [6.45, 7) is 0.333. The number of fused-ring (bicyclic) bond motifs is 1. The number of hydrogen-bond acceptors (Lipinski definition) is 9. The standard InChI is InChI=1S/C15H13ClO3.C14H10Cl2O2.C14H10O3.CH4O/c1-18-15(17)14-8-7-13(9-11(14)10-16)19-12-5-3-2-4-6-12;15-9-10-8-12(6-7-13(10)14(16)17)18-11-4-2-1-3-5-11;15-14-13-7-6-12(8-10(13)9-16-14)17-11-4-2-1-3-5-11;1-2/h2-9H,10H2,1H3;1-8H,9H2;1-8H,9H2;2H,1H3. The number of hydrogen-bond donors (Lipinski definition) is 1. The van der Waals surface area contributed by atoms with Gasteiger partial charge in [0, 0.05) is 30.0 Å². The number of alkyl halides is 2. The Morgan fingerprint density at radius 2 is 1.00 bits per heavy atom. The third-order valence-corrected chi connectivity index (χ3v) is 8.43. The van der Waals surface area contributed by atoms with Crippen LogP contribution in [0.1, 0.15) is 47.8 Å². The van der Waals surface area contributed by atoms with E-state index in [2.05, 4.69) is 0 Å². The molecular weight excluding hydrogens is 779 g/mol. The SMILES string of the molecule is CO.COC(=O)c1ccc(Oc2ccccc2)cc1CCl.O=C(Cl)c1ccc(Oc2ccccc2)cc1CCl.O=C1OCc2cc(Oc3ccccc3)ccc21. The molecule has 0 atom stereocenters. The molecule has 7 rings (SSSR count). The van der Waals surface area contributed by atoms with Gasteiger partial charge in [-0.2, -0.15) is 0 Å². The second kappa shape index (κ2) is 22.5. The van der Waals surface area contributed by atoms with Gasteiger partial charge in [0.05, 0.1) is 18.2 Å². The number of para-hydroxylation sites is 3. The molecule has 0 aliphatic carbocycles. The molecule has 6 aromatic rings. The maximum atomic E-state index is 11.5. The fourth-order valence-electron chi connectivity index (χ4n) is 5.04. The van der Waals surface area contributed by atoms with E-state index in [-0.39, 0.29) is 17.7 Å². The lowest BCUT2D eigenvalue weighted by Crippen LogP contribution is -2.04. The molecule has 0 saturated heterocycles. The molecule has 0 amide bonds. The molecule has 1 N–H and O–H groups in total. The van der Waals surface area contributed by atoms with Crippen LogP contribution in [0.15, 0.2) is 146 Å². The topological polar surface area (TPSA) is 118 Å². The Bertz CT molecular complexity index is 2180. The van der Waals surface area contributed by atoms with Gasteiger partial charge in [-0.25, -0.2) is 9.59 Å². The summed E-state index contributed by atoms with van der Waals surface area (Å²) < 4.78 is 26.6. The Balaban J connectivity index is 0.000000182. The molecule has 6 aromatic carbocycles. The van der Waals surface area contributed by atoms with Crippen molar-refractivity contribution >= 4 is 52.0 Å². The van der Waals surface area contributed by atoms with Crippen LogP contribution in [0, 0.1) is 0 Å². The number of carbonyl (C=O) groups is 3. The van der Waals surface area contributed by atoms with Crippen LogP contribution in [0.4, 0.5) is 0 Å². The summed E-state index contributed by atoms with van der Waals surface area (Å²) in [5.74, 6) is 3.97. The molecule has 0 saturated carbocycles. The number of ether oxygens (including phenoxy) is 5. The Kier molecular flexibility index (Phi) is 17.2.